The van der Waals surface area contributed by atoms with E-state index in [0.29, 0.717) is 37.7 Å². The number of aromatic nitrogens is 1. The molecule has 0 unspecified atom stereocenters. The third-order valence-corrected chi connectivity index (χ3v) is 6.51. The Hall–Kier alpha value is -1.12. The minimum atomic E-state index is -3.65. The molecule has 0 radical (unpaired) electrons. The molecule has 130 valence electrons. The van der Waals surface area contributed by atoms with Crippen LogP contribution in [-0.4, -0.2) is 49.0 Å². The predicted molar refractivity (Wildman–Crippen MR) is 91.7 cm³/mol. The van der Waals surface area contributed by atoms with E-state index < -0.39 is 10.0 Å². The molecule has 6 nitrogen and oxygen atoms in total. The molecular weight excluding hydrogens is 373 g/mol. The van der Waals surface area contributed by atoms with Crippen molar-refractivity contribution < 1.29 is 12.9 Å². The lowest BCUT2D eigenvalue weighted by Gasteiger charge is -2.33. The number of nitrogens with zero attached hydrogens (tertiary/aromatic N) is 3. The molecule has 0 saturated carbocycles. The maximum Gasteiger partial charge on any atom is 0.244 e. The van der Waals surface area contributed by atoms with Gasteiger partial charge in [0.25, 0.3) is 0 Å². The van der Waals surface area contributed by atoms with Crippen LogP contribution in [0.25, 0.3) is 0 Å². The molecule has 2 heterocycles. The van der Waals surface area contributed by atoms with Gasteiger partial charge in [0.2, 0.25) is 10.0 Å². The van der Waals surface area contributed by atoms with E-state index in [2.05, 4.69) is 10.1 Å². The lowest BCUT2D eigenvalue weighted by Crippen LogP contribution is -2.48. The molecule has 0 atom stereocenters. The molecule has 0 bridgehead atoms. The summed E-state index contributed by atoms with van der Waals surface area (Å²) in [5, 5.41) is 4.38. The second-order valence-corrected chi connectivity index (χ2v) is 8.44. The van der Waals surface area contributed by atoms with E-state index in [1.807, 2.05) is 13.0 Å². The van der Waals surface area contributed by atoms with Gasteiger partial charge in [-0.1, -0.05) is 28.4 Å². The fraction of sp³-hybridized carbons (Fsp3) is 0.400. The molecule has 0 aliphatic carbocycles. The molecule has 0 amide bonds. The van der Waals surface area contributed by atoms with E-state index in [1.165, 1.54) is 16.4 Å². The van der Waals surface area contributed by atoms with Crippen molar-refractivity contribution in [2.24, 2.45) is 0 Å². The van der Waals surface area contributed by atoms with Crippen molar-refractivity contribution in [3.63, 3.8) is 0 Å². The maximum absolute atomic E-state index is 12.8. The van der Waals surface area contributed by atoms with Crippen molar-refractivity contribution in [2.75, 3.05) is 26.2 Å². The van der Waals surface area contributed by atoms with Gasteiger partial charge >= 0.3 is 0 Å². The summed E-state index contributed by atoms with van der Waals surface area (Å²) in [7, 11) is -3.65. The van der Waals surface area contributed by atoms with Crippen molar-refractivity contribution >= 4 is 33.2 Å². The number of benzene rings is 1. The fourth-order valence-electron chi connectivity index (χ4n) is 2.65. The summed E-state index contributed by atoms with van der Waals surface area (Å²) in [4.78, 5) is 2.18. The Balaban J connectivity index is 1.68. The number of sulfonamides is 1. The van der Waals surface area contributed by atoms with E-state index in [9.17, 15) is 8.42 Å². The monoisotopic (exact) mass is 389 g/mol. The molecule has 1 aromatic carbocycles. The minimum Gasteiger partial charge on any atom is -0.360 e. The van der Waals surface area contributed by atoms with Crippen molar-refractivity contribution in [3.05, 3.63) is 45.8 Å². The molecule has 3 rings (SSSR count). The molecule has 1 aliphatic rings. The van der Waals surface area contributed by atoms with Crippen molar-refractivity contribution in [1.29, 1.82) is 0 Å². The van der Waals surface area contributed by atoms with Crippen molar-refractivity contribution in [3.8, 4) is 0 Å². The molecule has 24 heavy (non-hydrogen) atoms. The summed E-state index contributed by atoms with van der Waals surface area (Å²) in [6, 6.07) is 6.34. The SMILES string of the molecule is Cc1cc(CN2CCN(S(=O)(=O)c3cc(Cl)ccc3Cl)CC2)on1. The lowest BCUT2D eigenvalue weighted by molar-refractivity contribution is 0.166. The molecule has 1 aliphatic heterocycles. The van der Waals surface area contributed by atoms with E-state index in [-0.39, 0.29) is 9.92 Å². The minimum absolute atomic E-state index is 0.0518. The average molecular weight is 390 g/mol. The van der Waals surface area contributed by atoms with Gasteiger partial charge in [-0.05, 0) is 25.1 Å². The number of hydrogen-bond donors (Lipinski definition) is 0. The van der Waals surface area contributed by atoms with Crippen molar-refractivity contribution in [1.82, 2.24) is 14.4 Å². The molecule has 1 fully saturated rings. The number of rotatable bonds is 4. The van der Waals surface area contributed by atoms with Crippen LogP contribution in [0.3, 0.4) is 0 Å². The highest BCUT2D eigenvalue weighted by Crippen LogP contribution is 2.28. The summed E-state index contributed by atoms with van der Waals surface area (Å²) in [6.45, 7) is 4.48. The van der Waals surface area contributed by atoms with Gasteiger partial charge in [-0.2, -0.15) is 4.31 Å². The summed E-state index contributed by atoms with van der Waals surface area (Å²) < 4.78 is 32.2. The second-order valence-electron chi connectivity index (χ2n) is 5.69. The Morgan fingerprint density at radius 2 is 1.88 bits per heavy atom. The van der Waals surface area contributed by atoms with Crippen LogP contribution in [0.1, 0.15) is 11.5 Å². The zero-order chi connectivity index (χ0) is 17.3. The lowest BCUT2D eigenvalue weighted by atomic mass is 10.3. The summed E-state index contributed by atoms with van der Waals surface area (Å²) in [5.74, 6) is 0.779. The first-order chi connectivity index (χ1) is 11.4. The summed E-state index contributed by atoms with van der Waals surface area (Å²) in [5.41, 5.74) is 0.835. The fourth-order valence-corrected chi connectivity index (χ4v) is 4.81. The smallest absolute Gasteiger partial charge is 0.244 e. The van der Waals surface area contributed by atoms with Crippen LogP contribution < -0.4 is 0 Å². The van der Waals surface area contributed by atoms with Gasteiger partial charge in [0.05, 0.1) is 17.3 Å². The van der Waals surface area contributed by atoms with Crippen molar-refractivity contribution in [2.45, 2.75) is 18.4 Å². The van der Waals surface area contributed by atoms with E-state index in [0.717, 1.165) is 11.5 Å². The van der Waals surface area contributed by atoms with Crippen LogP contribution in [-0.2, 0) is 16.6 Å². The van der Waals surface area contributed by atoms with Crippen LogP contribution in [0.15, 0.2) is 33.7 Å². The number of aryl methyl sites for hydroxylation is 1. The van der Waals surface area contributed by atoms with Gasteiger partial charge in [0.15, 0.2) is 5.76 Å². The normalized spacial score (nSPS) is 17.3. The van der Waals surface area contributed by atoms with Gasteiger partial charge in [-0.3, -0.25) is 4.90 Å². The third kappa shape index (κ3) is 3.75. The zero-order valence-electron chi connectivity index (χ0n) is 13.1. The molecule has 1 aromatic heterocycles. The first-order valence-electron chi connectivity index (χ1n) is 7.46. The Kier molecular flexibility index (Phi) is 5.17. The molecule has 0 N–H and O–H groups in total. The highest BCUT2D eigenvalue weighted by atomic mass is 35.5. The Bertz CT molecular complexity index is 830. The first kappa shape index (κ1) is 17.7. The Labute approximate surface area is 151 Å². The number of halogens is 2. The molecule has 1 saturated heterocycles. The van der Waals surface area contributed by atoms with Crippen LogP contribution in [0, 0.1) is 6.92 Å². The number of hydrogen-bond acceptors (Lipinski definition) is 5. The van der Waals surface area contributed by atoms with Gasteiger partial charge < -0.3 is 4.52 Å². The van der Waals surface area contributed by atoms with Gasteiger partial charge in [-0.15, -0.1) is 0 Å². The van der Waals surface area contributed by atoms with E-state index >= 15 is 0 Å². The first-order valence-corrected chi connectivity index (χ1v) is 9.65. The Morgan fingerprint density at radius 1 is 1.17 bits per heavy atom. The van der Waals surface area contributed by atoms with Gasteiger partial charge in [0.1, 0.15) is 4.90 Å². The quantitative estimate of drug-likeness (QED) is 0.803. The number of piperazine rings is 1. The summed E-state index contributed by atoms with van der Waals surface area (Å²) in [6.07, 6.45) is 0. The molecule has 2 aromatic rings. The zero-order valence-corrected chi connectivity index (χ0v) is 15.4. The van der Waals surface area contributed by atoms with Gasteiger partial charge in [-0.25, -0.2) is 8.42 Å². The highest BCUT2D eigenvalue weighted by Gasteiger charge is 2.30. The molecular formula is C15H17Cl2N3O3S. The predicted octanol–water partition coefficient (Wildman–Crippen LogP) is 2.80. The standard InChI is InChI=1S/C15H17Cl2N3O3S/c1-11-8-13(23-18-11)10-19-4-6-20(7-5-19)24(21,22)15-9-12(16)2-3-14(15)17/h2-3,8-9H,4-7,10H2,1H3. The molecule has 9 heteroatoms. The largest absolute Gasteiger partial charge is 0.360 e. The van der Waals surface area contributed by atoms with Crippen LogP contribution in [0.2, 0.25) is 10.0 Å². The van der Waals surface area contributed by atoms with E-state index in [4.69, 9.17) is 27.7 Å². The van der Waals surface area contributed by atoms with Gasteiger partial charge in [0, 0.05) is 37.3 Å². The topological polar surface area (TPSA) is 66.7 Å². The Morgan fingerprint density at radius 3 is 2.50 bits per heavy atom. The summed E-state index contributed by atoms with van der Waals surface area (Å²) >= 11 is 12.0. The third-order valence-electron chi connectivity index (χ3n) is 3.90. The molecule has 0 spiro atoms. The van der Waals surface area contributed by atoms with Crippen LogP contribution in [0.5, 0.6) is 0 Å². The van der Waals surface area contributed by atoms with Crippen LogP contribution in [0.4, 0.5) is 0 Å². The average Bonchev–Trinajstić information content (AvgIpc) is 2.95. The second kappa shape index (κ2) is 7.01. The highest BCUT2D eigenvalue weighted by molar-refractivity contribution is 7.89. The van der Waals surface area contributed by atoms with Crippen LogP contribution >= 0.6 is 23.2 Å². The maximum atomic E-state index is 12.8. The van der Waals surface area contributed by atoms with E-state index in [1.54, 1.807) is 6.07 Å².